The van der Waals surface area contributed by atoms with Crippen LogP contribution in [0.2, 0.25) is 0 Å². The van der Waals surface area contributed by atoms with Gasteiger partial charge in [-0.05, 0) is 47.4 Å². The van der Waals surface area contributed by atoms with Gasteiger partial charge in [-0.25, -0.2) is 4.79 Å². The van der Waals surface area contributed by atoms with Crippen molar-refractivity contribution < 1.29 is 24.2 Å². The first-order chi connectivity index (χ1) is 16.3. The van der Waals surface area contributed by atoms with Gasteiger partial charge in [0.05, 0.1) is 0 Å². The highest BCUT2D eigenvalue weighted by Crippen LogP contribution is 2.44. The number of alkyl carbamates (subject to hydrolysis) is 1. The minimum Gasteiger partial charge on any atom is -0.481 e. The van der Waals surface area contributed by atoms with Crippen LogP contribution >= 0.6 is 0 Å². The molecule has 7 nitrogen and oxygen atoms in total. The Labute approximate surface area is 200 Å². The molecular formula is C27H34N2O5. The average molecular weight is 467 g/mol. The maximum Gasteiger partial charge on any atom is 0.407 e. The van der Waals surface area contributed by atoms with Gasteiger partial charge in [-0.2, -0.15) is 0 Å². The Bertz CT molecular complexity index is 974. The van der Waals surface area contributed by atoms with Crippen LogP contribution in [0.3, 0.4) is 0 Å². The van der Waals surface area contributed by atoms with Crippen molar-refractivity contribution in [1.82, 2.24) is 10.6 Å². The molecule has 34 heavy (non-hydrogen) atoms. The topological polar surface area (TPSA) is 105 Å². The third kappa shape index (κ3) is 6.37. The predicted octanol–water partition coefficient (Wildman–Crippen LogP) is 4.70. The molecule has 2 aromatic rings. The lowest BCUT2D eigenvalue weighted by Gasteiger charge is -2.24. The summed E-state index contributed by atoms with van der Waals surface area (Å²) in [5.41, 5.74) is 4.54. The zero-order chi connectivity index (χ0) is 24.7. The summed E-state index contributed by atoms with van der Waals surface area (Å²) in [7, 11) is 0. The van der Waals surface area contributed by atoms with Gasteiger partial charge in [-0.1, -0.05) is 69.3 Å². The number of fused-ring (bicyclic) bond motifs is 3. The van der Waals surface area contributed by atoms with Crippen LogP contribution in [0, 0.1) is 5.92 Å². The van der Waals surface area contributed by atoms with Crippen molar-refractivity contribution in [2.24, 2.45) is 5.92 Å². The SMILES string of the molecule is CCC(CCC(=O)O)NC(=O)[C@H](CC(C)C)NC(=O)OCC1c2ccccc2-c2ccccc21. The van der Waals surface area contributed by atoms with Gasteiger partial charge >= 0.3 is 12.1 Å². The van der Waals surface area contributed by atoms with Crippen molar-refractivity contribution in [2.75, 3.05) is 6.61 Å². The Morgan fingerprint density at radius 2 is 1.56 bits per heavy atom. The summed E-state index contributed by atoms with van der Waals surface area (Å²) in [6.07, 6.45) is 0.745. The molecule has 1 aliphatic carbocycles. The number of nitrogens with one attached hydrogen (secondary N) is 2. The second-order valence-corrected chi connectivity index (χ2v) is 9.20. The Balaban J connectivity index is 1.63. The van der Waals surface area contributed by atoms with Gasteiger partial charge in [0.25, 0.3) is 0 Å². The van der Waals surface area contributed by atoms with Crippen LogP contribution < -0.4 is 10.6 Å². The number of carbonyl (C=O) groups excluding carboxylic acids is 2. The molecule has 0 aromatic heterocycles. The third-order valence-electron chi connectivity index (χ3n) is 6.21. The second-order valence-electron chi connectivity index (χ2n) is 9.20. The normalized spacial score (nSPS) is 14.1. The minimum absolute atomic E-state index is 0.0204. The number of carbonyl (C=O) groups is 3. The second kappa shape index (κ2) is 11.7. The molecule has 3 rings (SSSR count). The van der Waals surface area contributed by atoms with Gasteiger partial charge in [0.15, 0.2) is 0 Å². The van der Waals surface area contributed by atoms with Crippen LogP contribution in [-0.2, 0) is 14.3 Å². The Hall–Kier alpha value is -3.35. The lowest BCUT2D eigenvalue weighted by atomic mass is 9.98. The fourth-order valence-corrected chi connectivity index (χ4v) is 4.46. The van der Waals surface area contributed by atoms with Gasteiger partial charge in [0.1, 0.15) is 12.6 Å². The molecule has 0 bridgehead atoms. The zero-order valence-electron chi connectivity index (χ0n) is 20.0. The van der Waals surface area contributed by atoms with Gasteiger partial charge in [0.2, 0.25) is 5.91 Å². The molecule has 1 aliphatic rings. The summed E-state index contributed by atoms with van der Waals surface area (Å²) in [6.45, 7) is 6.01. The standard InChI is InChI=1S/C27H34N2O5/c1-4-18(13-14-25(30)31)28-26(32)24(15-17(2)3)29-27(33)34-16-23-21-11-7-5-9-19(21)20-10-6-8-12-22(20)23/h5-12,17-18,23-24H,4,13-16H2,1-3H3,(H,28,32)(H,29,33)(H,30,31)/t18?,24-/m0/s1. The van der Waals surface area contributed by atoms with Crippen LogP contribution in [0.25, 0.3) is 11.1 Å². The van der Waals surface area contributed by atoms with E-state index in [-0.39, 0.29) is 36.8 Å². The minimum atomic E-state index is -0.900. The van der Waals surface area contributed by atoms with E-state index in [9.17, 15) is 14.4 Å². The fraction of sp³-hybridized carbons (Fsp3) is 0.444. The molecule has 1 unspecified atom stereocenters. The summed E-state index contributed by atoms with van der Waals surface area (Å²) in [5.74, 6) is -1.11. The van der Waals surface area contributed by atoms with Crippen molar-refractivity contribution in [3.63, 3.8) is 0 Å². The molecule has 7 heteroatoms. The first-order valence-corrected chi connectivity index (χ1v) is 11.9. The summed E-state index contributed by atoms with van der Waals surface area (Å²) in [4.78, 5) is 36.5. The van der Waals surface area contributed by atoms with E-state index in [0.29, 0.717) is 19.3 Å². The van der Waals surface area contributed by atoms with Crippen molar-refractivity contribution in [3.05, 3.63) is 59.7 Å². The molecule has 0 fully saturated rings. The van der Waals surface area contributed by atoms with E-state index in [1.54, 1.807) is 0 Å². The number of benzene rings is 2. The van der Waals surface area contributed by atoms with Crippen LogP contribution in [0.1, 0.15) is 63.5 Å². The van der Waals surface area contributed by atoms with Crippen LogP contribution in [0.4, 0.5) is 4.79 Å². The highest BCUT2D eigenvalue weighted by molar-refractivity contribution is 5.86. The third-order valence-corrected chi connectivity index (χ3v) is 6.21. The Kier molecular flexibility index (Phi) is 8.68. The monoisotopic (exact) mass is 466 g/mol. The highest BCUT2D eigenvalue weighted by atomic mass is 16.5. The molecule has 3 N–H and O–H groups in total. The molecule has 0 saturated carbocycles. The summed E-state index contributed by atoms with van der Waals surface area (Å²) in [5, 5.41) is 14.5. The van der Waals surface area contributed by atoms with E-state index in [2.05, 4.69) is 34.9 Å². The number of hydrogen-bond acceptors (Lipinski definition) is 4. The smallest absolute Gasteiger partial charge is 0.407 e. The fourth-order valence-electron chi connectivity index (χ4n) is 4.46. The molecule has 0 saturated heterocycles. The Morgan fingerprint density at radius 1 is 0.971 bits per heavy atom. The van der Waals surface area contributed by atoms with Gasteiger partial charge in [0, 0.05) is 18.4 Å². The number of aliphatic carboxylic acids is 1. The molecule has 0 aliphatic heterocycles. The van der Waals surface area contributed by atoms with Crippen LogP contribution in [0.5, 0.6) is 0 Å². The molecule has 2 amide bonds. The van der Waals surface area contributed by atoms with E-state index in [1.165, 1.54) is 0 Å². The summed E-state index contributed by atoms with van der Waals surface area (Å²) in [6, 6.07) is 15.2. The quantitative estimate of drug-likeness (QED) is 0.445. The van der Waals surface area contributed by atoms with E-state index >= 15 is 0 Å². The molecule has 2 aromatic carbocycles. The van der Waals surface area contributed by atoms with E-state index < -0.39 is 18.1 Å². The lowest BCUT2D eigenvalue weighted by molar-refractivity contribution is -0.137. The van der Waals surface area contributed by atoms with Gasteiger partial charge in [-0.3, -0.25) is 9.59 Å². The van der Waals surface area contributed by atoms with Crippen LogP contribution in [0.15, 0.2) is 48.5 Å². The maximum absolute atomic E-state index is 12.9. The largest absolute Gasteiger partial charge is 0.481 e. The van der Waals surface area contributed by atoms with Gasteiger partial charge < -0.3 is 20.5 Å². The first kappa shape index (κ1) is 25.3. The molecule has 0 spiro atoms. The van der Waals surface area contributed by atoms with E-state index in [0.717, 1.165) is 22.3 Å². The van der Waals surface area contributed by atoms with E-state index in [4.69, 9.17) is 9.84 Å². The van der Waals surface area contributed by atoms with Crippen molar-refractivity contribution >= 4 is 18.0 Å². The van der Waals surface area contributed by atoms with Crippen LogP contribution in [-0.4, -0.2) is 41.8 Å². The lowest BCUT2D eigenvalue weighted by Crippen LogP contribution is -2.50. The number of carboxylic acids is 1. The molecule has 182 valence electrons. The van der Waals surface area contributed by atoms with Crippen molar-refractivity contribution in [3.8, 4) is 11.1 Å². The summed E-state index contributed by atoms with van der Waals surface area (Å²) >= 11 is 0. The number of carboxylic acid groups (broad SMARTS) is 1. The van der Waals surface area contributed by atoms with Crippen molar-refractivity contribution in [2.45, 2.75) is 64.5 Å². The molecule has 0 radical (unpaired) electrons. The number of rotatable bonds is 11. The van der Waals surface area contributed by atoms with Gasteiger partial charge in [-0.15, -0.1) is 0 Å². The number of hydrogen-bond donors (Lipinski definition) is 3. The highest BCUT2D eigenvalue weighted by Gasteiger charge is 2.30. The molecular weight excluding hydrogens is 432 g/mol. The van der Waals surface area contributed by atoms with E-state index in [1.807, 2.05) is 45.0 Å². The van der Waals surface area contributed by atoms with Crippen molar-refractivity contribution in [1.29, 1.82) is 0 Å². The summed E-state index contributed by atoms with van der Waals surface area (Å²) < 4.78 is 5.60. The first-order valence-electron chi connectivity index (χ1n) is 11.9. The predicted molar refractivity (Wildman–Crippen MR) is 131 cm³/mol. The molecule has 2 atom stereocenters. The molecule has 0 heterocycles. The number of ether oxygens (including phenoxy) is 1. The zero-order valence-corrected chi connectivity index (χ0v) is 20.0. The average Bonchev–Trinajstić information content (AvgIpc) is 3.13. The maximum atomic E-state index is 12.9. The number of amides is 2. The Morgan fingerprint density at radius 3 is 2.09 bits per heavy atom.